The van der Waals surface area contributed by atoms with E-state index in [9.17, 15) is 9.59 Å². The van der Waals surface area contributed by atoms with Crippen LogP contribution in [0.3, 0.4) is 0 Å². The fraction of sp³-hybridized carbons (Fsp3) is 0.643. The van der Waals surface area contributed by atoms with Crippen LogP contribution in [0.15, 0.2) is 11.6 Å². The first-order chi connectivity index (χ1) is 10.1. The minimum Gasteiger partial charge on any atom is -0.481 e. The van der Waals surface area contributed by atoms with E-state index >= 15 is 0 Å². The molecular formula is C14H21N3O3S. The lowest BCUT2D eigenvalue weighted by Gasteiger charge is -2.31. The SMILES string of the molecule is CC(CNC(=O)N1CCC(CC(=O)O)CC1)c1nccs1. The van der Waals surface area contributed by atoms with E-state index in [1.165, 1.54) is 0 Å². The maximum absolute atomic E-state index is 12.1. The zero-order valence-electron chi connectivity index (χ0n) is 12.1. The molecule has 21 heavy (non-hydrogen) atoms. The van der Waals surface area contributed by atoms with Crippen molar-refractivity contribution >= 4 is 23.3 Å². The Kier molecular flexibility index (Phi) is 5.55. The van der Waals surface area contributed by atoms with E-state index in [2.05, 4.69) is 10.3 Å². The summed E-state index contributed by atoms with van der Waals surface area (Å²) in [7, 11) is 0. The third-order valence-corrected chi connectivity index (χ3v) is 4.80. The van der Waals surface area contributed by atoms with Gasteiger partial charge >= 0.3 is 12.0 Å². The molecule has 1 aliphatic heterocycles. The molecular weight excluding hydrogens is 290 g/mol. The summed E-state index contributed by atoms with van der Waals surface area (Å²) < 4.78 is 0. The van der Waals surface area contributed by atoms with Crippen LogP contribution in [-0.4, -0.2) is 46.6 Å². The first-order valence-electron chi connectivity index (χ1n) is 7.20. The van der Waals surface area contributed by atoms with Gasteiger partial charge in [0, 0.05) is 43.5 Å². The van der Waals surface area contributed by atoms with E-state index in [1.807, 2.05) is 12.3 Å². The molecule has 1 fully saturated rings. The van der Waals surface area contributed by atoms with Gasteiger partial charge in [-0.1, -0.05) is 6.92 Å². The Morgan fingerprint density at radius 3 is 2.81 bits per heavy atom. The summed E-state index contributed by atoms with van der Waals surface area (Å²) in [6.07, 6.45) is 3.51. The van der Waals surface area contributed by atoms with Gasteiger partial charge < -0.3 is 15.3 Å². The molecule has 2 N–H and O–H groups in total. The zero-order valence-corrected chi connectivity index (χ0v) is 12.9. The number of carboxylic acid groups (broad SMARTS) is 1. The standard InChI is InChI=1S/C14H21N3O3S/c1-10(13-15-4-7-21-13)9-16-14(20)17-5-2-11(3-6-17)8-12(18)19/h4,7,10-11H,2-3,5-6,8-9H2,1H3,(H,16,20)(H,18,19). The van der Waals surface area contributed by atoms with Crippen LogP contribution in [0.1, 0.15) is 37.1 Å². The summed E-state index contributed by atoms with van der Waals surface area (Å²) in [5.74, 6) is -0.352. The van der Waals surface area contributed by atoms with Gasteiger partial charge in [0.1, 0.15) is 0 Å². The molecule has 2 amide bonds. The Morgan fingerprint density at radius 1 is 1.52 bits per heavy atom. The molecule has 1 aromatic heterocycles. The summed E-state index contributed by atoms with van der Waals surface area (Å²) in [5.41, 5.74) is 0. The molecule has 1 aliphatic rings. The second-order valence-electron chi connectivity index (χ2n) is 5.49. The van der Waals surface area contributed by atoms with E-state index in [4.69, 9.17) is 5.11 Å². The molecule has 2 heterocycles. The molecule has 2 rings (SSSR count). The Morgan fingerprint density at radius 2 is 2.24 bits per heavy atom. The van der Waals surface area contributed by atoms with Gasteiger partial charge in [0.15, 0.2) is 0 Å². The van der Waals surface area contributed by atoms with Crippen LogP contribution in [0, 0.1) is 5.92 Å². The Hall–Kier alpha value is -1.63. The van der Waals surface area contributed by atoms with Gasteiger partial charge in [0.2, 0.25) is 0 Å². The number of carboxylic acids is 1. The van der Waals surface area contributed by atoms with Crippen molar-refractivity contribution in [1.29, 1.82) is 0 Å². The number of likely N-dealkylation sites (tertiary alicyclic amines) is 1. The van der Waals surface area contributed by atoms with Gasteiger partial charge in [0.25, 0.3) is 0 Å². The lowest BCUT2D eigenvalue weighted by Crippen LogP contribution is -2.45. The maximum atomic E-state index is 12.1. The first kappa shape index (κ1) is 15.8. The van der Waals surface area contributed by atoms with Crippen LogP contribution in [-0.2, 0) is 4.79 Å². The topological polar surface area (TPSA) is 82.5 Å². The van der Waals surface area contributed by atoms with Crippen molar-refractivity contribution in [3.05, 3.63) is 16.6 Å². The van der Waals surface area contributed by atoms with Crippen molar-refractivity contribution in [2.75, 3.05) is 19.6 Å². The maximum Gasteiger partial charge on any atom is 0.317 e. The summed E-state index contributed by atoms with van der Waals surface area (Å²) in [5, 5.41) is 14.7. The quantitative estimate of drug-likeness (QED) is 0.873. The molecule has 0 bridgehead atoms. The molecule has 1 saturated heterocycles. The molecule has 0 spiro atoms. The molecule has 0 aromatic carbocycles. The van der Waals surface area contributed by atoms with Crippen molar-refractivity contribution < 1.29 is 14.7 Å². The highest BCUT2D eigenvalue weighted by Crippen LogP contribution is 2.21. The second-order valence-corrected chi connectivity index (χ2v) is 6.41. The molecule has 0 aliphatic carbocycles. The number of thiazole rings is 1. The number of hydrogen-bond donors (Lipinski definition) is 2. The number of rotatable bonds is 5. The van der Waals surface area contributed by atoms with E-state index in [-0.39, 0.29) is 24.3 Å². The van der Waals surface area contributed by atoms with Crippen molar-refractivity contribution in [2.24, 2.45) is 5.92 Å². The van der Waals surface area contributed by atoms with E-state index in [0.717, 1.165) is 17.8 Å². The van der Waals surface area contributed by atoms with Crippen molar-refractivity contribution in [1.82, 2.24) is 15.2 Å². The van der Waals surface area contributed by atoms with Gasteiger partial charge in [-0.15, -0.1) is 11.3 Å². The predicted molar refractivity (Wildman–Crippen MR) is 80.5 cm³/mol. The lowest BCUT2D eigenvalue weighted by molar-refractivity contribution is -0.138. The van der Waals surface area contributed by atoms with Crippen LogP contribution < -0.4 is 5.32 Å². The van der Waals surface area contributed by atoms with Crippen molar-refractivity contribution in [2.45, 2.75) is 32.1 Å². The number of amides is 2. The molecule has 6 nitrogen and oxygen atoms in total. The number of hydrogen-bond acceptors (Lipinski definition) is 4. The fourth-order valence-corrected chi connectivity index (χ4v) is 3.20. The minimum absolute atomic E-state index is 0.0628. The first-order valence-corrected chi connectivity index (χ1v) is 8.08. The van der Waals surface area contributed by atoms with Crippen LogP contribution >= 0.6 is 11.3 Å². The van der Waals surface area contributed by atoms with Gasteiger partial charge in [-0.3, -0.25) is 4.79 Å². The van der Waals surface area contributed by atoms with Gasteiger partial charge in [0.05, 0.1) is 5.01 Å². The number of piperidine rings is 1. The number of carbonyl (C=O) groups is 2. The summed E-state index contributed by atoms with van der Waals surface area (Å²) >= 11 is 1.59. The average molecular weight is 311 g/mol. The highest BCUT2D eigenvalue weighted by Gasteiger charge is 2.24. The van der Waals surface area contributed by atoms with E-state index < -0.39 is 5.97 Å². The number of aromatic nitrogens is 1. The normalized spacial score (nSPS) is 17.5. The van der Waals surface area contributed by atoms with E-state index in [1.54, 1.807) is 22.4 Å². The smallest absolute Gasteiger partial charge is 0.317 e. The third-order valence-electron chi connectivity index (χ3n) is 3.80. The van der Waals surface area contributed by atoms with Crippen LogP contribution in [0.5, 0.6) is 0 Å². The van der Waals surface area contributed by atoms with Gasteiger partial charge in [-0.25, -0.2) is 9.78 Å². The monoisotopic (exact) mass is 311 g/mol. The molecule has 1 unspecified atom stereocenters. The molecule has 0 saturated carbocycles. The van der Waals surface area contributed by atoms with Gasteiger partial charge in [-0.2, -0.15) is 0 Å². The molecule has 1 aromatic rings. The number of urea groups is 1. The van der Waals surface area contributed by atoms with Crippen molar-refractivity contribution in [3.63, 3.8) is 0 Å². The highest BCUT2D eigenvalue weighted by molar-refractivity contribution is 7.09. The molecule has 7 heteroatoms. The number of nitrogens with zero attached hydrogens (tertiary/aromatic N) is 2. The Bertz CT molecular complexity index is 470. The van der Waals surface area contributed by atoms with E-state index in [0.29, 0.717) is 19.6 Å². The largest absolute Gasteiger partial charge is 0.481 e. The molecule has 116 valence electrons. The number of carbonyl (C=O) groups excluding carboxylic acids is 1. The zero-order chi connectivity index (χ0) is 15.2. The Labute approximate surface area is 128 Å². The summed E-state index contributed by atoms with van der Waals surface area (Å²) in [6, 6.07) is -0.0628. The van der Waals surface area contributed by atoms with Crippen molar-refractivity contribution in [3.8, 4) is 0 Å². The highest BCUT2D eigenvalue weighted by atomic mass is 32.1. The molecule has 1 atom stereocenters. The fourth-order valence-electron chi connectivity index (χ4n) is 2.50. The predicted octanol–water partition coefficient (Wildman–Crippen LogP) is 2.14. The Balaban J connectivity index is 1.71. The van der Waals surface area contributed by atoms with Gasteiger partial charge in [-0.05, 0) is 18.8 Å². The summed E-state index contributed by atoms with van der Waals surface area (Å²) in [4.78, 5) is 28.8. The van der Waals surface area contributed by atoms with Crippen LogP contribution in [0.25, 0.3) is 0 Å². The minimum atomic E-state index is -0.754. The van der Waals surface area contributed by atoms with Crippen LogP contribution in [0.2, 0.25) is 0 Å². The molecule has 0 radical (unpaired) electrons. The average Bonchev–Trinajstić information content (AvgIpc) is 2.99. The third kappa shape index (κ3) is 4.70. The summed E-state index contributed by atoms with van der Waals surface area (Å²) in [6.45, 7) is 3.88. The number of nitrogens with one attached hydrogen (secondary N) is 1. The van der Waals surface area contributed by atoms with Crippen LogP contribution in [0.4, 0.5) is 4.79 Å². The second kappa shape index (κ2) is 7.40. The number of aliphatic carboxylic acids is 1. The lowest BCUT2D eigenvalue weighted by atomic mass is 9.94.